The van der Waals surface area contributed by atoms with Crippen LogP contribution in [0.5, 0.6) is 11.5 Å². The van der Waals surface area contributed by atoms with Crippen molar-refractivity contribution in [1.82, 2.24) is 9.80 Å². The van der Waals surface area contributed by atoms with E-state index in [1.165, 1.54) is 5.56 Å². The van der Waals surface area contributed by atoms with Gasteiger partial charge >= 0.3 is 0 Å². The molecule has 0 spiro atoms. The lowest BCUT2D eigenvalue weighted by Crippen LogP contribution is -2.48. The maximum atomic E-state index is 10.0. The Bertz CT molecular complexity index is 530. The van der Waals surface area contributed by atoms with Gasteiger partial charge in [0.05, 0.1) is 18.8 Å². The predicted molar refractivity (Wildman–Crippen MR) is 91.4 cm³/mol. The Morgan fingerprint density at radius 2 is 1.79 bits per heavy atom. The van der Waals surface area contributed by atoms with Crippen LogP contribution in [0, 0.1) is 0 Å². The van der Waals surface area contributed by atoms with E-state index >= 15 is 0 Å². The van der Waals surface area contributed by atoms with Gasteiger partial charge in [0, 0.05) is 39.3 Å². The summed E-state index contributed by atoms with van der Waals surface area (Å²) in [7, 11) is 0. The van der Waals surface area contributed by atoms with Crippen molar-refractivity contribution in [3.63, 3.8) is 0 Å². The molecule has 0 radical (unpaired) electrons. The Kier molecular flexibility index (Phi) is 5.94. The topological polar surface area (TPSA) is 54.4 Å². The molecule has 24 heavy (non-hydrogen) atoms. The van der Waals surface area contributed by atoms with Crippen LogP contribution in [-0.4, -0.2) is 73.2 Å². The van der Waals surface area contributed by atoms with E-state index in [0.717, 1.165) is 44.2 Å². The van der Waals surface area contributed by atoms with Gasteiger partial charge in [-0.2, -0.15) is 0 Å². The molecule has 1 unspecified atom stereocenters. The van der Waals surface area contributed by atoms with E-state index in [-0.39, 0.29) is 6.10 Å². The second-order valence-electron chi connectivity index (χ2n) is 6.80. The van der Waals surface area contributed by atoms with Crippen molar-refractivity contribution in [2.75, 3.05) is 46.1 Å². The van der Waals surface area contributed by atoms with Gasteiger partial charge in [-0.25, -0.2) is 0 Å². The zero-order chi connectivity index (χ0) is 16.9. The van der Waals surface area contributed by atoms with Crippen molar-refractivity contribution in [3.8, 4) is 11.5 Å². The summed E-state index contributed by atoms with van der Waals surface area (Å²) in [5.41, 5.74) is 1.25. The molecule has 0 bridgehead atoms. The molecule has 1 atom stereocenters. The molecule has 0 saturated carbocycles. The van der Waals surface area contributed by atoms with Gasteiger partial charge < -0.3 is 19.3 Å². The first-order valence-electron chi connectivity index (χ1n) is 8.73. The molecule has 6 heteroatoms. The van der Waals surface area contributed by atoms with Gasteiger partial charge in [-0.1, -0.05) is 6.07 Å². The van der Waals surface area contributed by atoms with Crippen molar-refractivity contribution < 1.29 is 19.3 Å². The molecule has 134 valence electrons. The van der Waals surface area contributed by atoms with Crippen LogP contribution in [0.15, 0.2) is 18.2 Å². The van der Waals surface area contributed by atoms with E-state index in [9.17, 15) is 5.11 Å². The molecule has 2 aliphatic rings. The van der Waals surface area contributed by atoms with Crippen LogP contribution >= 0.6 is 0 Å². The summed E-state index contributed by atoms with van der Waals surface area (Å²) in [5, 5.41) is 10.0. The highest BCUT2D eigenvalue weighted by Gasteiger charge is 2.20. The van der Waals surface area contributed by atoms with E-state index < -0.39 is 6.10 Å². The fourth-order valence-corrected chi connectivity index (χ4v) is 3.08. The minimum absolute atomic E-state index is 0.165. The van der Waals surface area contributed by atoms with Gasteiger partial charge in [-0.3, -0.25) is 9.80 Å². The number of piperazine rings is 1. The first-order valence-corrected chi connectivity index (χ1v) is 8.73. The number of β-amino-alcohol motifs (C(OH)–C–C–N with tert-alkyl or cyclic N) is 1. The van der Waals surface area contributed by atoms with Crippen LogP contribution in [-0.2, 0) is 11.3 Å². The molecular formula is C18H28N2O4. The molecule has 1 saturated heterocycles. The third-order valence-corrected chi connectivity index (χ3v) is 4.40. The minimum Gasteiger partial charge on any atom is -0.454 e. The van der Waals surface area contributed by atoms with Gasteiger partial charge in [-0.05, 0) is 31.5 Å². The SMILES string of the molecule is CC(C)OCC(O)CN1CCN(Cc2ccc3c(c2)OCO3)CC1. The summed E-state index contributed by atoms with van der Waals surface area (Å²) in [4.78, 5) is 4.75. The largest absolute Gasteiger partial charge is 0.454 e. The van der Waals surface area contributed by atoms with E-state index in [2.05, 4.69) is 21.9 Å². The maximum absolute atomic E-state index is 10.0. The molecule has 1 aromatic carbocycles. The highest BCUT2D eigenvalue weighted by Crippen LogP contribution is 2.32. The zero-order valence-electron chi connectivity index (χ0n) is 14.6. The highest BCUT2D eigenvalue weighted by molar-refractivity contribution is 5.44. The Labute approximate surface area is 143 Å². The molecule has 1 aromatic rings. The monoisotopic (exact) mass is 336 g/mol. The molecule has 2 aliphatic heterocycles. The number of aliphatic hydroxyl groups excluding tert-OH is 1. The molecule has 6 nitrogen and oxygen atoms in total. The van der Waals surface area contributed by atoms with Crippen LogP contribution in [0.3, 0.4) is 0 Å². The highest BCUT2D eigenvalue weighted by atomic mass is 16.7. The molecule has 2 heterocycles. The molecule has 3 rings (SSSR count). The van der Waals surface area contributed by atoms with E-state index in [4.69, 9.17) is 14.2 Å². The first-order chi connectivity index (χ1) is 11.6. The van der Waals surface area contributed by atoms with Crippen molar-refractivity contribution >= 4 is 0 Å². The third kappa shape index (κ3) is 4.83. The lowest BCUT2D eigenvalue weighted by Gasteiger charge is -2.35. The Hall–Kier alpha value is -1.34. The average molecular weight is 336 g/mol. The average Bonchev–Trinajstić information content (AvgIpc) is 3.02. The Morgan fingerprint density at radius 1 is 1.08 bits per heavy atom. The molecule has 0 aromatic heterocycles. The first kappa shape index (κ1) is 17.5. The Balaban J connectivity index is 1.40. The van der Waals surface area contributed by atoms with Crippen molar-refractivity contribution in [2.24, 2.45) is 0 Å². The van der Waals surface area contributed by atoms with Crippen LogP contribution < -0.4 is 9.47 Å². The van der Waals surface area contributed by atoms with Crippen LogP contribution in [0.1, 0.15) is 19.4 Å². The maximum Gasteiger partial charge on any atom is 0.231 e. The third-order valence-electron chi connectivity index (χ3n) is 4.40. The summed E-state index contributed by atoms with van der Waals surface area (Å²) >= 11 is 0. The second kappa shape index (κ2) is 8.16. The fourth-order valence-electron chi connectivity index (χ4n) is 3.08. The number of fused-ring (bicyclic) bond motifs is 1. The van der Waals surface area contributed by atoms with Crippen molar-refractivity contribution in [2.45, 2.75) is 32.6 Å². The summed E-state index contributed by atoms with van der Waals surface area (Å²) in [6.07, 6.45) is -0.244. The standard InChI is InChI=1S/C18H28N2O4/c1-14(2)22-12-16(21)11-20-7-5-19(6-8-20)10-15-3-4-17-18(9-15)24-13-23-17/h3-4,9,14,16,21H,5-8,10-13H2,1-2H3. The van der Waals surface area contributed by atoms with Gasteiger partial charge in [0.15, 0.2) is 11.5 Å². The number of benzene rings is 1. The van der Waals surface area contributed by atoms with Gasteiger partial charge in [0.2, 0.25) is 6.79 Å². The summed E-state index contributed by atoms with van der Waals surface area (Å²) < 4.78 is 16.3. The molecule has 0 amide bonds. The Morgan fingerprint density at radius 3 is 2.54 bits per heavy atom. The van der Waals surface area contributed by atoms with Gasteiger partial charge in [0.1, 0.15) is 0 Å². The number of rotatable bonds is 7. The lowest BCUT2D eigenvalue weighted by molar-refractivity contribution is -0.0148. The summed E-state index contributed by atoms with van der Waals surface area (Å²) in [6, 6.07) is 6.16. The minimum atomic E-state index is -0.409. The van der Waals surface area contributed by atoms with Crippen LogP contribution in [0.4, 0.5) is 0 Å². The quantitative estimate of drug-likeness (QED) is 0.810. The van der Waals surface area contributed by atoms with Gasteiger partial charge in [-0.15, -0.1) is 0 Å². The molecular weight excluding hydrogens is 308 g/mol. The van der Waals surface area contributed by atoms with E-state index in [1.54, 1.807) is 0 Å². The molecule has 0 aliphatic carbocycles. The molecule has 1 fully saturated rings. The number of hydrogen-bond acceptors (Lipinski definition) is 6. The number of ether oxygens (including phenoxy) is 3. The summed E-state index contributed by atoms with van der Waals surface area (Å²) in [5.74, 6) is 1.68. The normalized spacial score (nSPS) is 19.8. The van der Waals surface area contributed by atoms with Crippen molar-refractivity contribution in [1.29, 1.82) is 0 Å². The lowest BCUT2D eigenvalue weighted by atomic mass is 10.1. The number of aliphatic hydroxyl groups is 1. The van der Waals surface area contributed by atoms with E-state index in [0.29, 0.717) is 19.9 Å². The second-order valence-corrected chi connectivity index (χ2v) is 6.80. The zero-order valence-corrected chi connectivity index (χ0v) is 14.6. The van der Waals surface area contributed by atoms with Gasteiger partial charge in [0.25, 0.3) is 0 Å². The van der Waals surface area contributed by atoms with Crippen LogP contribution in [0.25, 0.3) is 0 Å². The number of hydrogen-bond donors (Lipinski definition) is 1. The van der Waals surface area contributed by atoms with Crippen molar-refractivity contribution in [3.05, 3.63) is 23.8 Å². The smallest absolute Gasteiger partial charge is 0.231 e. The number of nitrogens with zero attached hydrogens (tertiary/aromatic N) is 2. The molecule has 1 N–H and O–H groups in total. The predicted octanol–water partition coefficient (Wildman–Crippen LogP) is 1.32. The van der Waals surface area contributed by atoms with E-state index in [1.807, 2.05) is 19.9 Å². The van der Waals surface area contributed by atoms with Crippen LogP contribution in [0.2, 0.25) is 0 Å². The fraction of sp³-hybridized carbons (Fsp3) is 0.667. The summed E-state index contributed by atoms with van der Waals surface area (Å²) in [6.45, 7) is 10.3.